The smallest absolute Gasteiger partial charge is 0.237 e. The summed E-state index contributed by atoms with van der Waals surface area (Å²) in [6, 6.07) is 10.3. The van der Waals surface area contributed by atoms with Gasteiger partial charge in [0.1, 0.15) is 0 Å². The maximum absolute atomic E-state index is 12.3. The molecule has 0 aliphatic heterocycles. The molecule has 0 unspecified atom stereocenters. The molecule has 0 aromatic heterocycles. The van der Waals surface area contributed by atoms with Crippen LogP contribution in [-0.4, -0.2) is 24.5 Å². The first kappa shape index (κ1) is 16.7. The minimum absolute atomic E-state index is 0.100. The molecule has 1 atom stereocenters. The standard InChI is InChI=1S/C17H28N2O/c1-13(2)10-11-18-17(20)16(19-14(3)4)12-15-8-6-5-7-9-15/h5-9,13-14,16,19H,10-12H2,1-4H3,(H,18,20)/t16-/m0/s1. The topological polar surface area (TPSA) is 41.1 Å². The number of rotatable bonds is 8. The second-order valence-corrected chi connectivity index (χ2v) is 6.04. The highest BCUT2D eigenvalue weighted by Crippen LogP contribution is 2.05. The van der Waals surface area contributed by atoms with Crippen LogP contribution in [0.4, 0.5) is 0 Å². The zero-order valence-electron chi connectivity index (χ0n) is 13.1. The van der Waals surface area contributed by atoms with Crippen LogP contribution >= 0.6 is 0 Å². The molecule has 0 aliphatic carbocycles. The Bertz CT molecular complexity index is 387. The van der Waals surface area contributed by atoms with E-state index in [-0.39, 0.29) is 11.9 Å². The molecule has 2 N–H and O–H groups in total. The summed E-state index contributed by atoms with van der Waals surface area (Å²) >= 11 is 0. The molecule has 1 rings (SSSR count). The van der Waals surface area contributed by atoms with E-state index >= 15 is 0 Å². The van der Waals surface area contributed by atoms with Crippen molar-refractivity contribution in [2.24, 2.45) is 5.92 Å². The number of hydrogen-bond acceptors (Lipinski definition) is 2. The van der Waals surface area contributed by atoms with Crippen LogP contribution < -0.4 is 10.6 Å². The number of carbonyl (C=O) groups excluding carboxylic acids is 1. The quantitative estimate of drug-likeness (QED) is 0.766. The fourth-order valence-corrected chi connectivity index (χ4v) is 2.09. The minimum Gasteiger partial charge on any atom is -0.355 e. The van der Waals surface area contributed by atoms with Crippen LogP contribution in [0.25, 0.3) is 0 Å². The molecule has 20 heavy (non-hydrogen) atoms. The Balaban J connectivity index is 2.56. The lowest BCUT2D eigenvalue weighted by Gasteiger charge is -2.21. The van der Waals surface area contributed by atoms with Crippen molar-refractivity contribution in [1.29, 1.82) is 0 Å². The van der Waals surface area contributed by atoms with Crippen LogP contribution in [0.1, 0.15) is 39.7 Å². The Labute approximate surface area is 123 Å². The van der Waals surface area contributed by atoms with Crippen molar-refractivity contribution >= 4 is 5.91 Å². The summed E-state index contributed by atoms with van der Waals surface area (Å²) in [5, 5.41) is 6.39. The third-order valence-electron chi connectivity index (χ3n) is 3.15. The third kappa shape index (κ3) is 6.71. The number of hydrogen-bond donors (Lipinski definition) is 2. The fourth-order valence-electron chi connectivity index (χ4n) is 2.09. The highest BCUT2D eigenvalue weighted by molar-refractivity contribution is 5.82. The first-order valence-corrected chi connectivity index (χ1v) is 7.56. The van der Waals surface area contributed by atoms with Gasteiger partial charge in [-0.3, -0.25) is 4.79 Å². The van der Waals surface area contributed by atoms with Gasteiger partial charge in [0, 0.05) is 12.6 Å². The number of nitrogens with one attached hydrogen (secondary N) is 2. The first-order chi connectivity index (χ1) is 9.49. The van der Waals surface area contributed by atoms with E-state index in [4.69, 9.17) is 0 Å². The molecule has 0 saturated heterocycles. The number of amides is 1. The molecule has 112 valence electrons. The second-order valence-electron chi connectivity index (χ2n) is 6.04. The Morgan fingerprint density at radius 2 is 1.75 bits per heavy atom. The molecule has 0 aliphatic rings. The molecule has 0 saturated carbocycles. The van der Waals surface area contributed by atoms with Crippen molar-refractivity contribution in [3.63, 3.8) is 0 Å². The van der Waals surface area contributed by atoms with Crippen molar-refractivity contribution in [3.05, 3.63) is 35.9 Å². The van der Waals surface area contributed by atoms with Gasteiger partial charge < -0.3 is 10.6 Å². The SMILES string of the molecule is CC(C)CCNC(=O)[C@H](Cc1ccccc1)NC(C)C. The van der Waals surface area contributed by atoms with Crippen LogP contribution in [0, 0.1) is 5.92 Å². The lowest BCUT2D eigenvalue weighted by molar-refractivity contribution is -0.123. The van der Waals surface area contributed by atoms with Crippen molar-refractivity contribution in [3.8, 4) is 0 Å². The van der Waals surface area contributed by atoms with E-state index in [1.807, 2.05) is 18.2 Å². The van der Waals surface area contributed by atoms with Crippen molar-refractivity contribution in [1.82, 2.24) is 10.6 Å². The van der Waals surface area contributed by atoms with Crippen LogP contribution in [0.2, 0.25) is 0 Å². The molecule has 0 fully saturated rings. The minimum atomic E-state index is -0.162. The van der Waals surface area contributed by atoms with Crippen LogP contribution in [-0.2, 0) is 11.2 Å². The van der Waals surface area contributed by atoms with E-state index < -0.39 is 0 Å². The average molecular weight is 276 g/mol. The van der Waals surface area contributed by atoms with E-state index in [2.05, 4.69) is 50.5 Å². The lowest BCUT2D eigenvalue weighted by Crippen LogP contribution is -2.48. The third-order valence-corrected chi connectivity index (χ3v) is 3.15. The van der Waals surface area contributed by atoms with E-state index in [1.54, 1.807) is 0 Å². The highest BCUT2D eigenvalue weighted by atomic mass is 16.2. The van der Waals surface area contributed by atoms with E-state index in [1.165, 1.54) is 5.56 Å². The van der Waals surface area contributed by atoms with E-state index in [0.717, 1.165) is 19.4 Å². The van der Waals surface area contributed by atoms with Crippen molar-refractivity contribution in [2.75, 3.05) is 6.54 Å². The molecule has 1 amide bonds. The molecule has 0 spiro atoms. The van der Waals surface area contributed by atoms with Crippen LogP contribution in [0.3, 0.4) is 0 Å². The zero-order valence-corrected chi connectivity index (χ0v) is 13.1. The zero-order chi connectivity index (χ0) is 15.0. The van der Waals surface area contributed by atoms with E-state index in [9.17, 15) is 4.79 Å². The first-order valence-electron chi connectivity index (χ1n) is 7.56. The monoisotopic (exact) mass is 276 g/mol. The molecule has 1 aromatic carbocycles. The maximum Gasteiger partial charge on any atom is 0.237 e. The Kier molecular flexibility index (Phi) is 7.31. The molecule has 1 aromatic rings. The molecule has 3 nitrogen and oxygen atoms in total. The summed E-state index contributed by atoms with van der Waals surface area (Å²) in [5.74, 6) is 0.712. The lowest BCUT2D eigenvalue weighted by atomic mass is 10.0. The van der Waals surface area contributed by atoms with Gasteiger partial charge in [0.15, 0.2) is 0 Å². The Hall–Kier alpha value is -1.35. The molecule has 0 heterocycles. The van der Waals surface area contributed by atoms with Gasteiger partial charge in [-0.25, -0.2) is 0 Å². The molecular weight excluding hydrogens is 248 g/mol. The highest BCUT2D eigenvalue weighted by Gasteiger charge is 2.19. The van der Waals surface area contributed by atoms with Gasteiger partial charge in [-0.15, -0.1) is 0 Å². The molecule has 3 heteroatoms. The summed E-state index contributed by atoms with van der Waals surface area (Å²) in [6.45, 7) is 9.22. The van der Waals surface area contributed by atoms with E-state index in [0.29, 0.717) is 12.0 Å². The van der Waals surface area contributed by atoms with Gasteiger partial charge in [-0.2, -0.15) is 0 Å². The average Bonchev–Trinajstić information content (AvgIpc) is 2.38. The summed E-state index contributed by atoms with van der Waals surface area (Å²) in [6.07, 6.45) is 1.75. The maximum atomic E-state index is 12.3. The summed E-state index contributed by atoms with van der Waals surface area (Å²) in [7, 11) is 0. The largest absolute Gasteiger partial charge is 0.355 e. The fraction of sp³-hybridized carbons (Fsp3) is 0.588. The molecule has 0 bridgehead atoms. The predicted molar refractivity (Wildman–Crippen MR) is 84.7 cm³/mol. The summed E-state index contributed by atoms with van der Waals surface area (Å²) < 4.78 is 0. The van der Waals surface area contributed by atoms with Gasteiger partial charge in [-0.05, 0) is 24.3 Å². The summed E-state index contributed by atoms with van der Waals surface area (Å²) in [4.78, 5) is 12.3. The second kappa shape index (κ2) is 8.75. The Morgan fingerprint density at radius 1 is 1.10 bits per heavy atom. The van der Waals surface area contributed by atoms with Crippen LogP contribution in [0.5, 0.6) is 0 Å². The van der Waals surface area contributed by atoms with Crippen molar-refractivity contribution < 1.29 is 4.79 Å². The van der Waals surface area contributed by atoms with Crippen LogP contribution in [0.15, 0.2) is 30.3 Å². The number of benzene rings is 1. The van der Waals surface area contributed by atoms with Crippen molar-refractivity contribution in [2.45, 2.75) is 52.6 Å². The van der Waals surface area contributed by atoms with Gasteiger partial charge in [0.25, 0.3) is 0 Å². The van der Waals surface area contributed by atoms with Gasteiger partial charge in [-0.1, -0.05) is 58.0 Å². The van der Waals surface area contributed by atoms with Gasteiger partial charge in [0.2, 0.25) is 5.91 Å². The van der Waals surface area contributed by atoms with Gasteiger partial charge in [0.05, 0.1) is 6.04 Å². The summed E-state index contributed by atoms with van der Waals surface area (Å²) in [5.41, 5.74) is 1.18. The normalized spacial score (nSPS) is 12.7. The molecule has 0 radical (unpaired) electrons. The Morgan fingerprint density at radius 3 is 2.30 bits per heavy atom. The predicted octanol–water partition coefficient (Wildman–Crippen LogP) is 2.76. The number of carbonyl (C=O) groups is 1. The molecular formula is C17H28N2O. The van der Waals surface area contributed by atoms with Gasteiger partial charge >= 0.3 is 0 Å².